The third-order valence-electron chi connectivity index (χ3n) is 3.42. The molecule has 9 nitrogen and oxygen atoms in total. The predicted octanol–water partition coefficient (Wildman–Crippen LogP) is 0.862. The maximum absolute atomic E-state index is 12.3. The first-order valence-corrected chi connectivity index (χ1v) is 7.09. The van der Waals surface area contributed by atoms with Crippen molar-refractivity contribution in [3.63, 3.8) is 0 Å². The van der Waals surface area contributed by atoms with Crippen LogP contribution < -0.4 is 11.2 Å². The topological polar surface area (TPSA) is 105 Å². The Morgan fingerprint density at radius 1 is 1.22 bits per heavy atom. The molecule has 2 rings (SSSR count). The van der Waals surface area contributed by atoms with E-state index in [2.05, 4.69) is 5.10 Å². The minimum Gasteiger partial charge on any atom is -0.288 e. The number of aryl methyl sites for hydroxylation is 1. The van der Waals surface area contributed by atoms with Gasteiger partial charge in [-0.1, -0.05) is 0 Å². The van der Waals surface area contributed by atoms with Crippen molar-refractivity contribution in [1.29, 1.82) is 0 Å². The summed E-state index contributed by atoms with van der Waals surface area (Å²) in [6.45, 7) is 3.58. The van der Waals surface area contributed by atoms with E-state index < -0.39 is 21.9 Å². The Morgan fingerprint density at radius 2 is 1.87 bits per heavy atom. The van der Waals surface area contributed by atoms with Crippen LogP contribution in [0.3, 0.4) is 0 Å². The van der Waals surface area contributed by atoms with Gasteiger partial charge in [-0.3, -0.25) is 28.7 Å². The number of nitrogens with zero attached hydrogens (tertiary/aromatic N) is 5. The third kappa shape index (κ3) is 2.98. The molecule has 0 unspecified atom stereocenters. The van der Waals surface area contributed by atoms with Gasteiger partial charge >= 0.3 is 16.9 Å². The first kappa shape index (κ1) is 16.4. The number of nitro groups is 1. The summed E-state index contributed by atoms with van der Waals surface area (Å²) in [4.78, 5) is 35.1. The average molecular weight is 319 g/mol. The Labute approximate surface area is 131 Å². The van der Waals surface area contributed by atoms with Gasteiger partial charge in [0.1, 0.15) is 5.69 Å². The quantitative estimate of drug-likeness (QED) is 0.600. The summed E-state index contributed by atoms with van der Waals surface area (Å²) < 4.78 is 3.66. The third-order valence-corrected chi connectivity index (χ3v) is 3.42. The maximum Gasteiger partial charge on any atom is 0.357 e. The SMILES string of the molecule is CCn1c(/C=C/c2cnn(C)c2)c([N+](=O)[O-])c(=O)n(CC)c1=O. The molecule has 0 aliphatic heterocycles. The monoisotopic (exact) mass is 319 g/mol. The molecule has 0 radical (unpaired) electrons. The Balaban J connectivity index is 2.74. The Bertz CT molecular complexity index is 888. The number of hydrogen-bond donors (Lipinski definition) is 0. The van der Waals surface area contributed by atoms with Crippen molar-refractivity contribution in [3.8, 4) is 0 Å². The summed E-state index contributed by atoms with van der Waals surface area (Å²) in [5.41, 5.74) is -1.36. The van der Waals surface area contributed by atoms with Gasteiger partial charge in [0, 0.05) is 31.9 Å². The molecule has 0 saturated carbocycles. The number of hydrogen-bond acceptors (Lipinski definition) is 5. The average Bonchev–Trinajstić information content (AvgIpc) is 2.90. The number of aromatic nitrogens is 4. The van der Waals surface area contributed by atoms with Gasteiger partial charge in [-0.05, 0) is 26.0 Å². The zero-order chi connectivity index (χ0) is 17.1. The summed E-state index contributed by atoms with van der Waals surface area (Å²) in [6.07, 6.45) is 6.27. The lowest BCUT2D eigenvalue weighted by atomic mass is 10.2. The summed E-state index contributed by atoms with van der Waals surface area (Å²) in [5.74, 6) is 0. The van der Waals surface area contributed by atoms with Crippen LogP contribution in [0.25, 0.3) is 12.2 Å². The molecule has 0 N–H and O–H groups in total. The van der Waals surface area contributed by atoms with Crippen molar-refractivity contribution in [2.45, 2.75) is 26.9 Å². The minimum atomic E-state index is -0.891. The Hall–Kier alpha value is -2.97. The molecule has 23 heavy (non-hydrogen) atoms. The lowest BCUT2D eigenvalue weighted by Gasteiger charge is -2.11. The number of rotatable bonds is 5. The molecule has 0 atom stereocenters. The van der Waals surface area contributed by atoms with E-state index in [0.717, 1.165) is 4.57 Å². The molecule has 0 aliphatic carbocycles. The molecule has 2 heterocycles. The van der Waals surface area contributed by atoms with Gasteiger partial charge in [0.05, 0.1) is 11.1 Å². The van der Waals surface area contributed by atoms with E-state index in [1.165, 1.54) is 10.6 Å². The van der Waals surface area contributed by atoms with Gasteiger partial charge in [-0.15, -0.1) is 0 Å². The highest BCUT2D eigenvalue weighted by molar-refractivity contribution is 5.71. The van der Waals surface area contributed by atoms with Crippen LogP contribution in [0.1, 0.15) is 25.1 Å². The first-order valence-electron chi connectivity index (χ1n) is 7.09. The van der Waals surface area contributed by atoms with Crippen LogP contribution in [-0.2, 0) is 20.1 Å². The molecule has 0 bridgehead atoms. The summed E-state index contributed by atoms with van der Waals surface area (Å²) in [7, 11) is 1.74. The van der Waals surface area contributed by atoms with Gasteiger partial charge in [-0.25, -0.2) is 4.79 Å². The van der Waals surface area contributed by atoms with Crippen LogP contribution in [0.15, 0.2) is 22.0 Å². The van der Waals surface area contributed by atoms with Gasteiger partial charge in [0.15, 0.2) is 0 Å². The highest BCUT2D eigenvalue weighted by Gasteiger charge is 2.25. The van der Waals surface area contributed by atoms with Crippen LogP contribution in [0, 0.1) is 10.1 Å². The lowest BCUT2D eigenvalue weighted by Crippen LogP contribution is -2.41. The molecule has 2 aromatic heterocycles. The zero-order valence-electron chi connectivity index (χ0n) is 13.1. The molecule has 2 aromatic rings. The van der Waals surface area contributed by atoms with Crippen LogP contribution in [0.4, 0.5) is 5.69 Å². The Kier molecular flexibility index (Phi) is 4.58. The van der Waals surface area contributed by atoms with Gasteiger partial charge in [-0.2, -0.15) is 5.10 Å². The van der Waals surface area contributed by atoms with Crippen molar-refractivity contribution in [2.24, 2.45) is 7.05 Å². The smallest absolute Gasteiger partial charge is 0.288 e. The molecular formula is C14H17N5O4. The largest absolute Gasteiger partial charge is 0.357 e. The van der Waals surface area contributed by atoms with Crippen molar-refractivity contribution >= 4 is 17.8 Å². The van der Waals surface area contributed by atoms with E-state index in [1.54, 1.807) is 44.0 Å². The highest BCUT2D eigenvalue weighted by atomic mass is 16.6. The summed E-state index contributed by atoms with van der Waals surface area (Å²) >= 11 is 0. The fourth-order valence-electron chi connectivity index (χ4n) is 2.33. The van der Waals surface area contributed by atoms with Crippen molar-refractivity contribution in [3.05, 3.63) is 54.6 Å². The van der Waals surface area contributed by atoms with Crippen molar-refractivity contribution in [2.75, 3.05) is 0 Å². The van der Waals surface area contributed by atoms with Crippen LogP contribution in [0.2, 0.25) is 0 Å². The molecule has 0 amide bonds. The molecular weight excluding hydrogens is 302 g/mol. The van der Waals surface area contributed by atoms with Crippen LogP contribution in [0.5, 0.6) is 0 Å². The predicted molar refractivity (Wildman–Crippen MR) is 85.1 cm³/mol. The Morgan fingerprint density at radius 3 is 2.35 bits per heavy atom. The fourth-order valence-corrected chi connectivity index (χ4v) is 2.33. The normalized spacial score (nSPS) is 11.3. The van der Waals surface area contributed by atoms with E-state index in [-0.39, 0.29) is 18.8 Å². The van der Waals surface area contributed by atoms with Crippen LogP contribution >= 0.6 is 0 Å². The van der Waals surface area contributed by atoms with E-state index in [1.807, 2.05) is 0 Å². The summed E-state index contributed by atoms with van der Waals surface area (Å²) in [5, 5.41) is 15.3. The van der Waals surface area contributed by atoms with Crippen LogP contribution in [-0.4, -0.2) is 23.8 Å². The second-order valence-electron chi connectivity index (χ2n) is 4.85. The standard InChI is InChI=1S/C14H17N5O4/c1-4-17-11(7-6-10-8-15-16(3)9-10)12(19(22)23)13(20)18(5-2)14(17)21/h6-9H,4-5H2,1-3H3/b7-6+. The van der Waals surface area contributed by atoms with Gasteiger partial charge in [0.2, 0.25) is 0 Å². The molecule has 9 heteroatoms. The second-order valence-corrected chi connectivity index (χ2v) is 4.85. The first-order chi connectivity index (χ1) is 10.9. The van der Waals surface area contributed by atoms with E-state index in [4.69, 9.17) is 0 Å². The van der Waals surface area contributed by atoms with E-state index in [9.17, 15) is 19.7 Å². The lowest BCUT2D eigenvalue weighted by molar-refractivity contribution is -0.387. The van der Waals surface area contributed by atoms with Crippen molar-refractivity contribution < 1.29 is 4.92 Å². The maximum atomic E-state index is 12.3. The van der Waals surface area contributed by atoms with E-state index >= 15 is 0 Å². The van der Waals surface area contributed by atoms with Gasteiger partial charge in [0.25, 0.3) is 0 Å². The fraction of sp³-hybridized carbons (Fsp3) is 0.357. The van der Waals surface area contributed by atoms with E-state index in [0.29, 0.717) is 5.56 Å². The molecule has 0 saturated heterocycles. The minimum absolute atomic E-state index is 0.0129. The molecule has 0 aromatic carbocycles. The molecule has 0 fully saturated rings. The van der Waals surface area contributed by atoms with Gasteiger partial charge < -0.3 is 0 Å². The highest BCUT2D eigenvalue weighted by Crippen LogP contribution is 2.15. The summed E-state index contributed by atoms with van der Waals surface area (Å²) in [6, 6.07) is 0. The molecule has 122 valence electrons. The zero-order valence-corrected chi connectivity index (χ0v) is 13.1. The second kappa shape index (κ2) is 6.42. The van der Waals surface area contributed by atoms with Crippen molar-refractivity contribution in [1.82, 2.24) is 18.9 Å². The molecule has 0 aliphatic rings. The molecule has 0 spiro atoms.